The van der Waals surface area contributed by atoms with Crippen LogP contribution in [0.3, 0.4) is 0 Å². The molecule has 0 bridgehead atoms. The van der Waals surface area contributed by atoms with Crippen LogP contribution in [0, 0.1) is 0 Å². The monoisotopic (exact) mass is 527 g/mol. The number of ether oxygens (including phenoxy) is 2. The number of guanidine groups is 1. The van der Waals surface area contributed by atoms with Crippen LogP contribution in [0.1, 0.15) is 31.4 Å². The average Bonchev–Trinajstić information content (AvgIpc) is 2.63. The van der Waals surface area contributed by atoms with Crippen molar-refractivity contribution in [2.45, 2.75) is 39.5 Å². The second-order valence-corrected chi connectivity index (χ2v) is 8.72. The molecule has 0 saturated carbocycles. The maximum atomic E-state index is 11.3. The van der Waals surface area contributed by atoms with Gasteiger partial charge in [0, 0.05) is 32.5 Å². The Bertz CT molecular complexity index is 684. The summed E-state index contributed by atoms with van der Waals surface area (Å²) in [4.78, 5) is 4.19. The van der Waals surface area contributed by atoms with Crippen LogP contribution in [0.5, 0.6) is 0 Å². The van der Waals surface area contributed by atoms with E-state index in [-0.39, 0.29) is 35.8 Å². The van der Waals surface area contributed by atoms with E-state index >= 15 is 0 Å². The lowest BCUT2D eigenvalue weighted by Gasteiger charge is -2.18. The summed E-state index contributed by atoms with van der Waals surface area (Å²) in [5.74, 6) is 0.804. The van der Waals surface area contributed by atoms with Gasteiger partial charge in [0.15, 0.2) is 5.96 Å². The van der Waals surface area contributed by atoms with Crippen LogP contribution in [0.4, 0.5) is 0 Å². The molecule has 1 aromatic rings. The first-order chi connectivity index (χ1) is 12.8. The predicted octanol–water partition coefficient (Wildman–Crippen LogP) is 2.35. The van der Waals surface area contributed by atoms with Crippen molar-refractivity contribution in [1.82, 2.24) is 10.6 Å². The van der Waals surface area contributed by atoms with E-state index in [0.29, 0.717) is 45.4 Å². The lowest BCUT2D eigenvalue weighted by molar-refractivity contribution is 0.0453. The Morgan fingerprint density at radius 1 is 1.21 bits per heavy atom. The Labute approximate surface area is 186 Å². The number of halogens is 1. The van der Waals surface area contributed by atoms with Gasteiger partial charge in [0.05, 0.1) is 25.6 Å². The van der Waals surface area contributed by atoms with Crippen LogP contribution < -0.4 is 10.6 Å². The zero-order chi connectivity index (χ0) is 20.1. The molecule has 0 radical (unpaired) electrons. The van der Waals surface area contributed by atoms with Gasteiger partial charge >= 0.3 is 0 Å². The largest absolute Gasteiger partial charge is 0.379 e. The molecule has 162 valence electrons. The third kappa shape index (κ3) is 13.3. The molecule has 7 nitrogen and oxygen atoms in total. The van der Waals surface area contributed by atoms with Crippen LogP contribution in [0.15, 0.2) is 29.3 Å². The molecule has 0 aliphatic carbocycles. The van der Waals surface area contributed by atoms with Crippen LogP contribution >= 0.6 is 24.0 Å². The highest BCUT2D eigenvalue weighted by molar-refractivity contribution is 14.0. The van der Waals surface area contributed by atoms with Crippen molar-refractivity contribution in [1.29, 1.82) is 0 Å². The maximum absolute atomic E-state index is 11.3. The summed E-state index contributed by atoms with van der Waals surface area (Å²) >= 11 is 0. The van der Waals surface area contributed by atoms with Crippen molar-refractivity contribution >= 4 is 39.8 Å². The highest BCUT2D eigenvalue weighted by atomic mass is 127. The summed E-state index contributed by atoms with van der Waals surface area (Å²) in [6, 6.07) is 8.18. The van der Waals surface area contributed by atoms with Gasteiger partial charge in [-0.15, -0.1) is 24.0 Å². The fourth-order valence-electron chi connectivity index (χ4n) is 2.36. The molecule has 9 heteroatoms. The molecule has 0 fully saturated rings. The van der Waals surface area contributed by atoms with Crippen molar-refractivity contribution in [3.8, 4) is 0 Å². The molecule has 2 N–H and O–H groups in total. The average molecular weight is 527 g/mol. The zero-order valence-electron chi connectivity index (χ0n) is 17.2. The first kappa shape index (κ1) is 27.1. The molecule has 1 rings (SSSR count). The molecule has 0 saturated heterocycles. The third-order valence-electron chi connectivity index (χ3n) is 3.82. The van der Waals surface area contributed by atoms with Crippen molar-refractivity contribution in [2.24, 2.45) is 4.99 Å². The summed E-state index contributed by atoms with van der Waals surface area (Å²) in [6.45, 7) is 6.97. The maximum Gasteiger partial charge on any atom is 0.191 e. The molecule has 0 spiro atoms. The Hall–Kier alpha value is -0.910. The SMILES string of the molecule is CCOCCOCc1cccc(CNC(=NC)NC(C)CCS(C)(=O)=O)c1.I. The van der Waals surface area contributed by atoms with Crippen LogP contribution in [0.25, 0.3) is 0 Å². The Balaban J connectivity index is 0.00000729. The van der Waals surface area contributed by atoms with E-state index in [1.807, 2.05) is 32.0 Å². The topological polar surface area (TPSA) is 89.0 Å². The molecule has 0 aliphatic rings. The molecular formula is C19H34IN3O4S. The van der Waals surface area contributed by atoms with Gasteiger partial charge < -0.3 is 20.1 Å². The van der Waals surface area contributed by atoms with Gasteiger partial charge in [-0.05, 0) is 31.4 Å². The summed E-state index contributed by atoms with van der Waals surface area (Å²) in [5.41, 5.74) is 2.22. The summed E-state index contributed by atoms with van der Waals surface area (Å²) in [7, 11) is -1.26. The molecule has 1 unspecified atom stereocenters. The molecular weight excluding hydrogens is 493 g/mol. The highest BCUT2D eigenvalue weighted by Crippen LogP contribution is 2.07. The number of aliphatic imine (C=N–C) groups is 1. The van der Waals surface area contributed by atoms with E-state index < -0.39 is 9.84 Å². The van der Waals surface area contributed by atoms with Crippen molar-refractivity contribution in [3.63, 3.8) is 0 Å². The van der Waals surface area contributed by atoms with Crippen molar-refractivity contribution < 1.29 is 17.9 Å². The van der Waals surface area contributed by atoms with Gasteiger partial charge in [0.2, 0.25) is 0 Å². The zero-order valence-corrected chi connectivity index (χ0v) is 20.4. The van der Waals surface area contributed by atoms with Crippen LogP contribution in [-0.4, -0.2) is 59.3 Å². The van der Waals surface area contributed by atoms with Gasteiger partial charge in [-0.25, -0.2) is 8.42 Å². The van der Waals surface area contributed by atoms with Gasteiger partial charge in [0.25, 0.3) is 0 Å². The van der Waals surface area contributed by atoms with E-state index in [1.165, 1.54) is 6.26 Å². The number of nitrogens with zero attached hydrogens (tertiary/aromatic N) is 1. The van der Waals surface area contributed by atoms with Gasteiger partial charge in [-0.2, -0.15) is 0 Å². The lowest BCUT2D eigenvalue weighted by atomic mass is 10.1. The third-order valence-corrected chi connectivity index (χ3v) is 4.80. The Morgan fingerprint density at radius 3 is 2.54 bits per heavy atom. The number of hydrogen-bond donors (Lipinski definition) is 2. The van der Waals surface area contributed by atoms with Crippen molar-refractivity contribution in [3.05, 3.63) is 35.4 Å². The second kappa shape index (κ2) is 15.0. The molecule has 28 heavy (non-hydrogen) atoms. The molecule has 0 amide bonds. The summed E-state index contributed by atoms with van der Waals surface area (Å²) < 4.78 is 33.4. The van der Waals surface area contributed by atoms with Gasteiger partial charge in [-0.1, -0.05) is 24.3 Å². The van der Waals surface area contributed by atoms with Crippen LogP contribution in [-0.2, 0) is 32.5 Å². The van der Waals surface area contributed by atoms with E-state index in [1.54, 1.807) is 7.05 Å². The second-order valence-electron chi connectivity index (χ2n) is 6.46. The summed E-state index contributed by atoms with van der Waals surface area (Å²) in [5, 5.41) is 6.47. The molecule has 0 heterocycles. The molecule has 0 aromatic heterocycles. The normalized spacial score (nSPS) is 12.9. The number of nitrogens with one attached hydrogen (secondary N) is 2. The first-order valence-electron chi connectivity index (χ1n) is 9.22. The number of benzene rings is 1. The number of hydrogen-bond acceptors (Lipinski definition) is 5. The van der Waals surface area contributed by atoms with Crippen LogP contribution in [0.2, 0.25) is 0 Å². The molecule has 1 aromatic carbocycles. The minimum atomic E-state index is -2.95. The van der Waals surface area contributed by atoms with E-state index in [0.717, 1.165) is 11.1 Å². The minimum absolute atomic E-state index is 0. The molecule has 0 aliphatic heterocycles. The quantitative estimate of drug-likeness (QED) is 0.188. The standard InChI is InChI=1S/C19H33N3O4S.HI/c1-5-25-10-11-26-15-18-8-6-7-17(13-18)14-21-19(20-3)22-16(2)9-12-27(4,23)24;/h6-8,13,16H,5,9-12,14-15H2,1-4H3,(H2,20,21,22);1H. The number of sulfone groups is 1. The highest BCUT2D eigenvalue weighted by Gasteiger charge is 2.09. The van der Waals surface area contributed by atoms with E-state index in [4.69, 9.17) is 9.47 Å². The van der Waals surface area contributed by atoms with E-state index in [2.05, 4.69) is 21.7 Å². The Kier molecular flexibility index (Phi) is 14.5. The predicted molar refractivity (Wildman–Crippen MR) is 125 cm³/mol. The molecule has 1 atom stereocenters. The smallest absolute Gasteiger partial charge is 0.191 e. The van der Waals surface area contributed by atoms with Gasteiger partial charge in [0.1, 0.15) is 9.84 Å². The van der Waals surface area contributed by atoms with Crippen molar-refractivity contribution in [2.75, 3.05) is 38.9 Å². The van der Waals surface area contributed by atoms with Gasteiger partial charge in [-0.3, -0.25) is 4.99 Å². The fraction of sp³-hybridized carbons (Fsp3) is 0.632. The lowest BCUT2D eigenvalue weighted by Crippen LogP contribution is -2.42. The number of rotatable bonds is 12. The summed E-state index contributed by atoms with van der Waals surface area (Å²) in [6.07, 6.45) is 1.79. The fourth-order valence-corrected chi connectivity index (χ4v) is 3.14. The minimum Gasteiger partial charge on any atom is -0.379 e. The first-order valence-corrected chi connectivity index (χ1v) is 11.3. The Morgan fingerprint density at radius 2 is 1.89 bits per heavy atom. The van der Waals surface area contributed by atoms with E-state index in [9.17, 15) is 8.42 Å².